The van der Waals surface area contributed by atoms with Crippen molar-refractivity contribution in [3.8, 4) is 0 Å². The molecule has 0 amide bonds. The van der Waals surface area contributed by atoms with Gasteiger partial charge in [0.15, 0.2) is 11.2 Å². The van der Waals surface area contributed by atoms with E-state index in [-0.39, 0.29) is 11.8 Å². The number of allylic oxidation sites excluding steroid dienone is 5. The average Bonchev–Trinajstić information content (AvgIpc) is 3.91. The van der Waals surface area contributed by atoms with E-state index in [1.165, 1.54) is 55.6 Å². The molecule has 0 spiro atoms. The van der Waals surface area contributed by atoms with Gasteiger partial charge in [-0.05, 0) is 139 Å². The predicted molar refractivity (Wildman–Crippen MR) is 269 cm³/mol. The highest BCUT2D eigenvalue weighted by Crippen LogP contribution is 2.55. The van der Waals surface area contributed by atoms with Crippen LogP contribution in [0.4, 0.5) is 28.4 Å². The molecule has 64 heavy (non-hydrogen) atoms. The van der Waals surface area contributed by atoms with Gasteiger partial charge in [0.05, 0.1) is 17.1 Å². The standard InChI is InChI=1S/C60H50N2O2/c1-7-39-13-9-15-45-47-17-11-19-53(59(47)63-57(39)45)61(43-27-21-35(3)37(5)33-43)51-31-25-41-24-30-50-52(32-26-42-23-29-49(51)55(41)56(42)50)62(44-28-22-36(4)38(6)34-44)54-20-12-18-48-46-16-10-14-40(8-2)58(46)64-60(48)54/h9-34,41,55H,7-8H2,1-6H3. The zero-order valence-electron chi connectivity index (χ0n) is 37.3. The Kier molecular flexibility index (Phi) is 8.78. The Bertz CT molecular complexity index is 3550. The van der Waals surface area contributed by atoms with Gasteiger partial charge in [-0.25, -0.2) is 0 Å². The number of fused-ring (bicyclic) bond motifs is 6. The highest BCUT2D eigenvalue weighted by atomic mass is 16.3. The van der Waals surface area contributed by atoms with Crippen LogP contribution in [0.2, 0.25) is 0 Å². The Balaban J connectivity index is 1.08. The van der Waals surface area contributed by atoms with E-state index < -0.39 is 0 Å². The van der Waals surface area contributed by atoms with Crippen molar-refractivity contribution >= 4 is 84.5 Å². The number of furan rings is 2. The van der Waals surface area contributed by atoms with E-state index in [9.17, 15) is 0 Å². The van der Waals surface area contributed by atoms with Gasteiger partial charge in [0, 0.05) is 56.0 Å². The Morgan fingerprint density at radius 3 is 1.58 bits per heavy atom. The van der Waals surface area contributed by atoms with Crippen LogP contribution in [0.1, 0.15) is 69.8 Å². The SMILES string of the molecule is CCc1cccc2c1oc1c(N(C3=C4C=Cc5ccc(N(c6ccc(C)c(C)c6)c6cccc7c6oc6c(CC)cccc67)c6c5C4C(C=C3)C=C6)c3ccc(C)c(C)c3)cccc12. The first-order valence-corrected chi connectivity index (χ1v) is 22.9. The van der Waals surface area contributed by atoms with Gasteiger partial charge in [-0.2, -0.15) is 0 Å². The summed E-state index contributed by atoms with van der Waals surface area (Å²) in [7, 11) is 0. The van der Waals surface area contributed by atoms with Crippen LogP contribution in [0.3, 0.4) is 0 Å². The van der Waals surface area contributed by atoms with Crippen LogP contribution in [-0.4, -0.2) is 0 Å². The van der Waals surface area contributed by atoms with Gasteiger partial charge in [-0.1, -0.05) is 123 Å². The molecule has 0 bridgehead atoms. The highest BCUT2D eigenvalue weighted by molar-refractivity contribution is 6.12. The average molecular weight is 831 g/mol. The third kappa shape index (κ3) is 5.68. The topological polar surface area (TPSA) is 32.8 Å². The Hall–Kier alpha value is -7.30. The minimum absolute atomic E-state index is 0.103. The van der Waals surface area contributed by atoms with Gasteiger partial charge in [0.1, 0.15) is 11.2 Å². The molecule has 4 nitrogen and oxygen atoms in total. The molecule has 2 aromatic heterocycles. The van der Waals surface area contributed by atoms with E-state index in [1.54, 1.807) is 0 Å². The summed E-state index contributed by atoms with van der Waals surface area (Å²) in [6.45, 7) is 13.2. The fraction of sp³-hybridized carbons (Fsp3) is 0.167. The smallest absolute Gasteiger partial charge is 0.159 e. The number of hydrogen-bond donors (Lipinski definition) is 0. The molecular weight excluding hydrogens is 781 g/mol. The van der Waals surface area contributed by atoms with Crippen LogP contribution in [0.25, 0.3) is 56.0 Å². The van der Waals surface area contributed by atoms with Crippen molar-refractivity contribution in [3.05, 3.63) is 207 Å². The fourth-order valence-electron chi connectivity index (χ4n) is 10.8. The van der Waals surface area contributed by atoms with Crippen molar-refractivity contribution in [2.45, 2.75) is 60.3 Å². The Morgan fingerprint density at radius 1 is 0.469 bits per heavy atom. The molecular formula is C60H50N2O2. The van der Waals surface area contributed by atoms with Gasteiger partial charge in [-0.15, -0.1) is 0 Å². The van der Waals surface area contributed by atoms with E-state index >= 15 is 0 Å². The molecule has 7 aromatic carbocycles. The molecule has 0 N–H and O–H groups in total. The molecule has 4 heteroatoms. The van der Waals surface area contributed by atoms with Gasteiger partial charge in [-0.3, -0.25) is 0 Å². The monoisotopic (exact) mass is 830 g/mol. The van der Waals surface area contributed by atoms with E-state index in [2.05, 4.69) is 209 Å². The summed E-state index contributed by atoms with van der Waals surface area (Å²) in [5.74, 6) is 0.300. The summed E-state index contributed by atoms with van der Waals surface area (Å²) >= 11 is 0. The molecule has 9 aromatic rings. The normalized spacial score (nSPS) is 16.2. The Labute approximate surface area is 374 Å². The molecule has 0 fully saturated rings. The number of nitrogens with zero attached hydrogens (tertiary/aromatic N) is 2. The van der Waals surface area contributed by atoms with Crippen molar-refractivity contribution in [1.82, 2.24) is 0 Å². The lowest BCUT2D eigenvalue weighted by molar-refractivity contribution is 0.652. The van der Waals surface area contributed by atoms with Crippen molar-refractivity contribution in [2.24, 2.45) is 5.92 Å². The summed E-state index contributed by atoms with van der Waals surface area (Å²) in [6, 6.07) is 44.7. The number of rotatable bonds is 8. The first-order valence-electron chi connectivity index (χ1n) is 22.9. The summed E-state index contributed by atoms with van der Waals surface area (Å²) in [5, 5.41) is 4.58. The third-order valence-corrected chi connectivity index (χ3v) is 14.4. The minimum atomic E-state index is 0.103. The van der Waals surface area contributed by atoms with Crippen LogP contribution in [-0.2, 0) is 12.8 Å². The van der Waals surface area contributed by atoms with Crippen molar-refractivity contribution < 1.29 is 8.83 Å². The lowest BCUT2D eigenvalue weighted by Gasteiger charge is -2.41. The molecule has 0 aliphatic heterocycles. The van der Waals surface area contributed by atoms with Crippen molar-refractivity contribution in [3.63, 3.8) is 0 Å². The Morgan fingerprint density at radius 2 is 1.00 bits per heavy atom. The second kappa shape index (κ2) is 14.6. The second-order valence-corrected chi connectivity index (χ2v) is 18.0. The molecule has 312 valence electrons. The maximum absolute atomic E-state index is 6.97. The lowest BCUT2D eigenvalue weighted by atomic mass is 9.68. The van der Waals surface area contributed by atoms with Crippen molar-refractivity contribution in [1.29, 1.82) is 0 Å². The highest BCUT2D eigenvalue weighted by Gasteiger charge is 2.38. The summed E-state index contributed by atoms with van der Waals surface area (Å²) in [5.41, 5.74) is 23.0. The molecule has 2 heterocycles. The maximum Gasteiger partial charge on any atom is 0.159 e. The summed E-state index contributed by atoms with van der Waals surface area (Å²) in [6.07, 6.45) is 16.1. The number of hydrogen-bond acceptors (Lipinski definition) is 4. The van der Waals surface area contributed by atoms with Crippen LogP contribution in [0.5, 0.6) is 0 Å². The number of benzene rings is 7. The van der Waals surface area contributed by atoms with Crippen LogP contribution in [0, 0.1) is 33.6 Å². The molecule has 0 radical (unpaired) electrons. The van der Waals surface area contributed by atoms with Gasteiger partial charge < -0.3 is 18.6 Å². The molecule has 2 unspecified atom stereocenters. The number of anilines is 5. The first kappa shape index (κ1) is 38.4. The number of aryl methyl sites for hydroxylation is 6. The van der Waals surface area contributed by atoms with Gasteiger partial charge in [0.2, 0.25) is 0 Å². The number of para-hydroxylation sites is 4. The molecule has 12 rings (SSSR count). The summed E-state index contributed by atoms with van der Waals surface area (Å²) < 4.78 is 13.9. The maximum atomic E-state index is 6.97. The molecule has 2 atom stereocenters. The molecule has 3 aliphatic carbocycles. The summed E-state index contributed by atoms with van der Waals surface area (Å²) in [4.78, 5) is 4.90. The van der Waals surface area contributed by atoms with E-state index in [0.717, 1.165) is 90.9 Å². The molecule has 3 aliphatic rings. The van der Waals surface area contributed by atoms with Crippen LogP contribution >= 0.6 is 0 Å². The quantitative estimate of drug-likeness (QED) is 0.153. The van der Waals surface area contributed by atoms with Crippen LogP contribution < -0.4 is 9.80 Å². The zero-order valence-corrected chi connectivity index (χ0v) is 37.3. The zero-order chi connectivity index (χ0) is 43.4. The lowest BCUT2D eigenvalue weighted by Crippen LogP contribution is -2.28. The van der Waals surface area contributed by atoms with Crippen LogP contribution in [0.15, 0.2) is 166 Å². The third-order valence-electron chi connectivity index (χ3n) is 14.4. The second-order valence-electron chi connectivity index (χ2n) is 18.0. The van der Waals surface area contributed by atoms with E-state index in [1.807, 2.05) is 0 Å². The molecule has 0 saturated heterocycles. The van der Waals surface area contributed by atoms with E-state index in [0.29, 0.717) is 0 Å². The predicted octanol–water partition coefficient (Wildman–Crippen LogP) is 16.7. The fourth-order valence-corrected chi connectivity index (χ4v) is 10.8. The first-order chi connectivity index (χ1) is 31.3. The van der Waals surface area contributed by atoms with Gasteiger partial charge in [0.25, 0.3) is 0 Å². The largest absolute Gasteiger partial charge is 0.454 e. The van der Waals surface area contributed by atoms with Gasteiger partial charge >= 0.3 is 0 Å². The minimum Gasteiger partial charge on any atom is -0.454 e. The van der Waals surface area contributed by atoms with E-state index in [4.69, 9.17) is 8.83 Å². The van der Waals surface area contributed by atoms with Crippen molar-refractivity contribution in [2.75, 3.05) is 9.80 Å². The molecule has 0 saturated carbocycles.